The van der Waals surface area contributed by atoms with Gasteiger partial charge in [0, 0.05) is 30.8 Å². The standard InChI is InChI=1S/C19H25N3O3/c1-12(2)21(5)19(25)15-6-8-16(9-7-15)22-14(4)17(13(3)20-22)10-11-18(23)24/h6-9,12H,10-11H2,1-5H3,(H,23,24). The summed E-state index contributed by atoms with van der Waals surface area (Å²) in [5.74, 6) is -0.833. The zero-order valence-electron chi connectivity index (χ0n) is 15.4. The molecule has 134 valence electrons. The number of nitrogens with zero attached hydrogens (tertiary/aromatic N) is 3. The van der Waals surface area contributed by atoms with Crippen LogP contribution in [0.4, 0.5) is 0 Å². The normalized spacial score (nSPS) is 11.0. The lowest BCUT2D eigenvalue weighted by Gasteiger charge is -2.21. The number of aryl methyl sites for hydroxylation is 1. The Morgan fingerprint density at radius 1 is 1.20 bits per heavy atom. The Balaban J connectivity index is 2.27. The van der Waals surface area contributed by atoms with Crippen molar-refractivity contribution in [1.29, 1.82) is 0 Å². The van der Waals surface area contributed by atoms with Crippen molar-refractivity contribution < 1.29 is 14.7 Å². The predicted molar refractivity (Wildman–Crippen MR) is 96.2 cm³/mol. The summed E-state index contributed by atoms with van der Waals surface area (Å²) in [6.07, 6.45) is 0.547. The van der Waals surface area contributed by atoms with Crippen molar-refractivity contribution in [2.24, 2.45) is 0 Å². The van der Waals surface area contributed by atoms with Crippen molar-refractivity contribution in [3.8, 4) is 5.69 Å². The number of hydrogen-bond donors (Lipinski definition) is 1. The van der Waals surface area contributed by atoms with Crippen LogP contribution in [-0.2, 0) is 11.2 Å². The topological polar surface area (TPSA) is 75.4 Å². The van der Waals surface area contributed by atoms with E-state index >= 15 is 0 Å². The lowest BCUT2D eigenvalue weighted by Crippen LogP contribution is -2.32. The fraction of sp³-hybridized carbons (Fsp3) is 0.421. The summed E-state index contributed by atoms with van der Waals surface area (Å²) in [5.41, 5.74) is 4.20. The zero-order valence-corrected chi connectivity index (χ0v) is 15.4. The SMILES string of the molecule is Cc1nn(-c2ccc(C(=O)N(C)C(C)C)cc2)c(C)c1CCC(=O)O. The molecule has 0 aliphatic heterocycles. The van der Waals surface area contributed by atoms with E-state index in [1.54, 1.807) is 28.8 Å². The maximum atomic E-state index is 12.4. The fourth-order valence-electron chi connectivity index (χ4n) is 2.70. The lowest BCUT2D eigenvalue weighted by molar-refractivity contribution is -0.136. The highest BCUT2D eigenvalue weighted by atomic mass is 16.4. The van der Waals surface area contributed by atoms with Crippen LogP contribution in [0.15, 0.2) is 24.3 Å². The number of benzene rings is 1. The first-order chi connectivity index (χ1) is 11.7. The first-order valence-corrected chi connectivity index (χ1v) is 8.36. The largest absolute Gasteiger partial charge is 0.481 e. The molecule has 0 saturated carbocycles. The molecular weight excluding hydrogens is 318 g/mol. The van der Waals surface area contributed by atoms with Crippen molar-refractivity contribution >= 4 is 11.9 Å². The van der Waals surface area contributed by atoms with Gasteiger partial charge in [-0.25, -0.2) is 4.68 Å². The molecule has 1 N–H and O–H groups in total. The van der Waals surface area contributed by atoms with Crippen LogP contribution in [0, 0.1) is 13.8 Å². The van der Waals surface area contributed by atoms with Gasteiger partial charge in [-0.1, -0.05) is 0 Å². The number of carbonyl (C=O) groups excluding carboxylic acids is 1. The Hall–Kier alpha value is -2.63. The highest BCUT2D eigenvalue weighted by molar-refractivity contribution is 5.94. The summed E-state index contributed by atoms with van der Waals surface area (Å²) in [4.78, 5) is 24.9. The minimum absolute atomic E-state index is 0.0166. The Morgan fingerprint density at radius 3 is 2.32 bits per heavy atom. The number of aromatic nitrogens is 2. The van der Waals surface area contributed by atoms with Gasteiger partial charge >= 0.3 is 5.97 Å². The molecule has 1 aromatic carbocycles. The van der Waals surface area contributed by atoms with E-state index in [0.717, 1.165) is 22.6 Å². The van der Waals surface area contributed by atoms with E-state index in [1.807, 2.05) is 39.8 Å². The number of rotatable bonds is 6. The number of hydrogen-bond acceptors (Lipinski definition) is 3. The molecule has 0 radical (unpaired) electrons. The van der Waals surface area contributed by atoms with Crippen LogP contribution in [0.2, 0.25) is 0 Å². The van der Waals surface area contributed by atoms with Gasteiger partial charge in [-0.15, -0.1) is 0 Å². The molecule has 6 heteroatoms. The van der Waals surface area contributed by atoms with E-state index in [2.05, 4.69) is 5.10 Å². The Bertz CT molecular complexity index is 776. The van der Waals surface area contributed by atoms with Gasteiger partial charge in [0.05, 0.1) is 11.4 Å². The number of carboxylic acids is 1. The average molecular weight is 343 g/mol. The van der Waals surface area contributed by atoms with E-state index in [1.165, 1.54) is 0 Å². The van der Waals surface area contributed by atoms with Crippen LogP contribution in [0.5, 0.6) is 0 Å². The van der Waals surface area contributed by atoms with Gasteiger partial charge in [0.15, 0.2) is 0 Å². The van der Waals surface area contributed by atoms with Crippen molar-refractivity contribution in [3.05, 3.63) is 46.8 Å². The highest BCUT2D eigenvalue weighted by Crippen LogP contribution is 2.20. The minimum atomic E-state index is -0.816. The lowest BCUT2D eigenvalue weighted by atomic mass is 10.1. The number of amides is 1. The predicted octanol–water partition coefficient (Wildman–Crippen LogP) is 2.99. The third-order valence-electron chi connectivity index (χ3n) is 4.48. The molecule has 1 heterocycles. The molecule has 0 aliphatic rings. The van der Waals surface area contributed by atoms with E-state index in [4.69, 9.17) is 5.11 Å². The molecule has 0 fully saturated rings. The van der Waals surface area contributed by atoms with Crippen molar-refractivity contribution in [1.82, 2.24) is 14.7 Å². The summed E-state index contributed by atoms with van der Waals surface area (Å²) in [6, 6.07) is 7.46. The van der Waals surface area contributed by atoms with Crippen molar-refractivity contribution in [3.63, 3.8) is 0 Å². The Labute approximate surface area is 148 Å². The first-order valence-electron chi connectivity index (χ1n) is 8.36. The van der Waals surface area contributed by atoms with E-state index in [-0.39, 0.29) is 18.4 Å². The summed E-state index contributed by atoms with van der Waals surface area (Å²) in [6.45, 7) is 7.76. The molecule has 0 bridgehead atoms. The smallest absolute Gasteiger partial charge is 0.303 e. The number of carbonyl (C=O) groups is 2. The van der Waals surface area contributed by atoms with Gasteiger partial charge in [0.1, 0.15) is 0 Å². The summed E-state index contributed by atoms with van der Waals surface area (Å²) in [7, 11) is 1.79. The molecule has 1 aromatic heterocycles. The summed E-state index contributed by atoms with van der Waals surface area (Å²) >= 11 is 0. The van der Waals surface area contributed by atoms with Gasteiger partial charge in [0.2, 0.25) is 0 Å². The quantitative estimate of drug-likeness (QED) is 0.875. The Kier molecular flexibility index (Phi) is 5.62. The molecule has 0 aliphatic carbocycles. The maximum Gasteiger partial charge on any atom is 0.303 e. The maximum absolute atomic E-state index is 12.4. The van der Waals surface area contributed by atoms with Crippen LogP contribution >= 0.6 is 0 Å². The van der Waals surface area contributed by atoms with Gasteiger partial charge in [-0.05, 0) is 63.9 Å². The molecule has 1 amide bonds. The average Bonchev–Trinajstić information content (AvgIpc) is 2.85. The second kappa shape index (κ2) is 7.51. The van der Waals surface area contributed by atoms with Gasteiger partial charge < -0.3 is 10.0 Å². The molecule has 0 unspecified atom stereocenters. The molecule has 0 spiro atoms. The van der Waals surface area contributed by atoms with Crippen LogP contribution in [0.3, 0.4) is 0 Å². The van der Waals surface area contributed by atoms with Crippen LogP contribution in [-0.4, -0.2) is 44.8 Å². The molecular formula is C19H25N3O3. The molecule has 0 saturated heterocycles. The summed E-state index contributed by atoms with van der Waals surface area (Å²) in [5, 5.41) is 13.4. The second-order valence-corrected chi connectivity index (χ2v) is 6.51. The van der Waals surface area contributed by atoms with Crippen molar-refractivity contribution in [2.75, 3.05) is 7.05 Å². The monoisotopic (exact) mass is 343 g/mol. The first kappa shape index (κ1) is 18.7. The summed E-state index contributed by atoms with van der Waals surface area (Å²) < 4.78 is 1.80. The van der Waals surface area contributed by atoms with Gasteiger partial charge in [0.25, 0.3) is 5.91 Å². The Morgan fingerprint density at radius 2 is 1.80 bits per heavy atom. The number of aliphatic carboxylic acids is 1. The molecule has 2 aromatic rings. The van der Waals surface area contributed by atoms with Crippen molar-refractivity contribution in [2.45, 2.75) is 46.6 Å². The van der Waals surface area contributed by atoms with Crippen LogP contribution in [0.1, 0.15) is 47.6 Å². The van der Waals surface area contributed by atoms with E-state index < -0.39 is 5.97 Å². The van der Waals surface area contributed by atoms with E-state index in [0.29, 0.717) is 12.0 Å². The second-order valence-electron chi connectivity index (χ2n) is 6.51. The molecule has 0 atom stereocenters. The van der Waals surface area contributed by atoms with Crippen LogP contribution < -0.4 is 0 Å². The zero-order chi connectivity index (χ0) is 18.7. The molecule has 6 nitrogen and oxygen atoms in total. The van der Waals surface area contributed by atoms with Gasteiger partial charge in [-0.3, -0.25) is 9.59 Å². The number of carboxylic acid groups (broad SMARTS) is 1. The third kappa shape index (κ3) is 4.07. The molecule has 2 rings (SSSR count). The highest BCUT2D eigenvalue weighted by Gasteiger charge is 2.16. The van der Waals surface area contributed by atoms with Gasteiger partial charge in [-0.2, -0.15) is 5.10 Å². The van der Waals surface area contributed by atoms with Crippen LogP contribution in [0.25, 0.3) is 5.69 Å². The minimum Gasteiger partial charge on any atom is -0.481 e. The fourth-order valence-corrected chi connectivity index (χ4v) is 2.70. The third-order valence-corrected chi connectivity index (χ3v) is 4.48. The van der Waals surface area contributed by atoms with E-state index in [9.17, 15) is 9.59 Å². The molecule has 25 heavy (non-hydrogen) atoms.